The summed E-state index contributed by atoms with van der Waals surface area (Å²) in [6.07, 6.45) is 3.60. The summed E-state index contributed by atoms with van der Waals surface area (Å²) in [6, 6.07) is 5.73. The second kappa shape index (κ2) is 7.37. The Morgan fingerprint density at radius 2 is 2.00 bits per heavy atom. The van der Waals surface area contributed by atoms with Gasteiger partial charge in [0, 0.05) is 31.5 Å². The van der Waals surface area contributed by atoms with Crippen molar-refractivity contribution in [3.05, 3.63) is 53.9 Å². The molecule has 1 heterocycles. The Hall–Kier alpha value is -2.21. The normalized spacial score (nSPS) is 12.4. The van der Waals surface area contributed by atoms with Crippen molar-refractivity contribution in [1.29, 1.82) is 0 Å². The molecule has 0 unspecified atom stereocenters. The third-order valence-electron chi connectivity index (χ3n) is 3.85. The van der Waals surface area contributed by atoms with Crippen molar-refractivity contribution in [1.82, 2.24) is 19.4 Å². The first-order chi connectivity index (χ1) is 11.0. The molecule has 23 heavy (non-hydrogen) atoms. The van der Waals surface area contributed by atoms with Gasteiger partial charge in [-0.05, 0) is 27.1 Å². The molecule has 0 N–H and O–H groups in total. The highest BCUT2D eigenvalue weighted by Crippen LogP contribution is 2.23. The number of carbonyl (C=O) groups is 1. The Morgan fingerprint density at radius 3 is 2.61 bits per heavy atom. The van der Waals surface area contributed by atoms with Crippen LogP contribution in [0.5, 0.6) is 0 Å². The van der Waals surface area contributed by atoms with Crippen molar-refractivity contribution < 1.29 is 9.18 Å². The first-order valence-electron chi connectivity index (χ1n) is 7.61. The number of likely N-dealkylation sites (N-methyl/N-ethyl adjacent to an activating group) is 2. The van der Waals surface area contributed by atoms with Crippen molar-refractivity contribution in [3.8, 4) is 0 Å². The van der Waals surface area contributed by atoms with Crippen LogP contribution in [0, 0.1) is 5.82 Å². The van der Waals surface area contributed by atoms with E-state index in [1.54, 1.807) is 55.3 Å². The molecule has 1 amide bonds. The number of carbonyl (C=O) groups excluding carboxylic acids is 1. The van der Waals surface area contributed by atoms with Gasteiger partial charge in [-0.25, -0.2) is 9.37 Å². The summed E-state index contributed by atoms with van der Waals surface area (Å²) in [5, 5.41) is 0. The van der Waals surface area contributed by atoms with Crippen molar-refractivity contribution in [2.75, 3.05) is 21.1 Å². The molecule has 6 heteroatoms. The summed E-state index contributed by atoms with van der Waals surface area (Å²) in [4.78, 5) is 20.4. The van der Waals surface area contributed by atoms with Gasteiger partial charge in [-0.1, -0.05) is 18.2 Å². The number of rotatable bonds is 6. The van der Waals surface area contributed by atoms with E-state index in [-0.39, 0.29) is 11.7 Å². The molecule has 1 aromatic heterocycles. The summed E-state index contributed by atoms with van der Waals surface area (Å²) >= 11 is 0. The number of benzene rings is 1. The first kappa shape index (κ1) is 17.1. The Labute approximate surface area is 136 Å². The van der Waals surface area contributed by atoms with Crippen LogP contribution in [0.25, 0.3) is 0 Å². The van der Waals surface area contributed by atoms with E-state index in [0.717, 1.165) is 12.4 Å². The van der Waals surface area contributed by atoms with E-state index in [2.05, 4.69) is 4.98 Å². The van der Waals surface area contributed by atoms with Crippen LogP contribution in [0.3, 0.4) is 0 Å². The lowest BCUT2D eigenvalue weighted by molar-refractivity contribution is -0.135. The molecular weight excluding hydrogens is 295 g/mol. The molecule has 124 valence electrons. The molecule has 0 aliphatic rings. The fraction of sp³-hybridized carbons (Fsp3) is 0.412. The summed E-state index contributed by atoms with van der Waals surface area (Å²) in [6.45, 7) is 3.20. The highest BCUT2D eigenvalue weighted by atomic mass is 19.1. The molecule has 0 bridgehead atoms. The minimum atomic E-state index is -0.661. The van der Waals surface area contributed by atoms with Gasteiger partial charge in [0.1, 0.15) is 17.7 Å². The number of imidazole rings is 1. The Bertz CT molecular complexity index is 668. The topological polar surface area (TPSA) is 41.4 Å². The molecule has 0 saturated heterocycles. The lowest BCUT2D eigenvalue weighted by Gasteiger charge is -2.28. The van der Waals surface area contributed by atoms with Gasteiger partial charge in [-0.3, -0.25) is 9.69 Å². The third kappa shape index (κ3) is 3.76. The molecular formula is C17H23FN4O. The second-order valence-corrected chi connectivity index (χ2v) is 5.71. The smallest absolute Gasteiger partial charge is 0.244 e. The quantitative estimate of drug-likeness (QED) is 0.821. The van der Waals surface area contributed by atoms with Crippen LogP contribution in [-0.4, -0.2) is 46.4 Å². The zero-order valence-electron chi connectivity index (χ0n) is 14.0. The maximum Gasteiger partial charge on any atom is 0.244 e. The van der Waals surface area contributed by atoms with Gasteiger partial charge in [-0.2, -0.15) is 0 Å². The Balaban J connectivity index is 2.23. The number of amides is 1. The number of halogens is 1. The maximum atomic E-state index is 14.1. The standard InChI is InChI=1S/C17H23FN4O/c1-5-22-11-10-19-15(22)12-21(4)17(23)16(20(2)3)13-8-6-7-9-14(13)18/h6-11,16H,5,12H2,1-4H3/t16-/m0/s1. The molecule has 5 nitrogen and oxygen atoms in total. The number of aromatic nitrogens is 2. The van der Waals surface area contributed by atoms with Crippen LogP contribution in [0.1, 0.15) is 24.4 Å². The van der Waals surface area contributed by atoms with Crippen LogP contribution < -0.4 is 0 Å². The van der Waals surface area contributed by atoms with Crippen molar-refractivity contribution in [2.45, 2.75) is 26.1 Å². The minimum Gasteiger partial charge on any atom is -0.337 e. The molecule has 1 atom stereocenters. The molecule has 0 radical (unpaired) electrons. The summed E-state index contributed by atoms with van der Waals surface area (Å²) in [5.41, 5.74) is 0.383. The summed E-state index contributed by atoms with van der Waals surface area (Å²) in [7, 11) is 5.26. The van der Waals surface area contributed by atoms with Gasteiger partial charge in [0.05, 0.1) is 6.54 Å². The monoisotopic (exact) mass is 318 g/mol. The zero-order valence-corrected chi connectivity index (χ0v) is 14.0. The van der Waals surface area contributed by atoms with Crippen molar-refractivity contribution in [2.24, 2.45) is 0 Å². The van der Waals surface area contributed by atoms with Gasteiger partial charge in [-0.15, -0.1) is 0 Å². The Morgan fingerprint density at radius 1 is 1.30 bits per heavy atom. The number of nitrogens with zero attached hydrogens (tertiary/aromatic N) is 4. The summed E-state index contributed by atoms with van der Waals surface area (Å²) < 4.78 is 16.1. The average molecular weight is 318 g/mol. The minimum absolute atomic E-state index is 0.161. The molecule has 1 aromatic carbocycles. The van der Waals surface area contributed by atoms with Crippen LogP contribution in [0.2, 0.25) is 0 Å². The van der Waals surface area contributed by atoms with Gasteiger partial charge in [0.2, 0.25) is 5.91 Å². The SMILES string of the molecule is CCn1ccnc1CN(C)C(=O)[C@H](c1ccccc1F)N(C)C. The van der Waals surface area contributed by atoms with Crippen LogP contribution in [0.15, 0.2) is 36.7 Å². The molecule has 0 spiro atoms. The largest absolute Gasteiger partial charge is 0.337 e. The first-order valence-corrected chi connectivity index (χ1v) is 7.61. The van der Waals surface area contributed by atoms with Gasteiger partial charge in [0.25, 0.3) is 0 Å². The highest BCUT2D eigenvalue weighted by Gasteiger charge is 2.28. The summed E-state index contributed by atoms with van der Waals surface area (Å²) in [5.74, 6) is 0.281. The lowest BCUT2D eigenvalue weighted by atomic mass is 10.0. The van der Waals surface area contributed by atoms with Crippen LogP contribution in [-0.2, 0) is 17.9 Å². The van der Waals surface area contributed by atoms with Crippen LogP contribution >= 0.6 is 0 Å². The number of hydrogen-bond acceptors (Lipinski definition) is 3. The average Bonchev–Trinajstić information content (AvgIpc) is 2.96. The number of aryl methyl sites for hydroxylation is 1. The fourth-order valence-electron chi connectivity index (χ4n) is 2.61. The molecule has 0 saturated carbocycles. The predicted octanol–water partition coefficient (Wildman–Crippen LogP) is 2.30. The maximum absolute atomic E-state index is 14.1. The van der Waals surface area contributed by atoms with E-state index in [1.165, 1.54) is 6.07 Å². The van der Waals surface area contributed by atoms with E-state index >= 15 is 0 Å². The number of hydrogen-bond donors (Lipinski definition) is 0. The van der Waals surface area contributed by atoms with Gasteiger partial charge in [0.15, 0.2) is 0 Å². The highest BCUT2D eigenvalue weighted by molar-refractivity contribution is 5.83. The molecule has 2 rings (SSSR count). The zero-order chi connectivity index (χ0) is 17.0. The van der Waals surface area contributed by atoms with Crippen molar-refractivity contribution in [3.63, 3.8) is 0 Å². The molecule has 0 aliphatic carbocycles. The van der Waals surface area contributed by atoms with Crippen LogP contribution in [0.4, 0.5) is 4.39 Å². The van der Waals surface area contributed by atoms with E-state index in [1.807, 2.05) is 17.7 Å². The van der Waals surface area contributed by atoms with Gasteiger partial charge < -0.3 is 9.47 Å². The predicted molar refractivity (Wildman–Crippen MR) is 87.2 cm³/mol. The van der Waals surface area contributed by atoms with Crippen molar-refractivity contribution >= 4 is 5.91 Å². The molecule has 2 aromatic rings. The van der Waals surface area contributed by atoms with E-state index < -0.39 is 6.04 Å². The van der Waals surface area contributed by atoms with E-state index in [4.69, 9.17) is 0 Å². The fourth-order valence-corrected chi connectivity index (χ4v) is 2.61. The molecule has 0 fully saturated rings. The van der Waals surface area contributed by atoms with E-state index in [0.29, 0.717) is 12.1 Å². The molecule has 0 aliphatic heterocycles. The Kier molecular flexibility index (Phi) is 5.50. The lowest BCUT2D eigenvalue weighted by Crippen LogP contribution is -2.39. The van der Waals surface area contributed by atoms with E-state index in [9.17, 15) is 9.18 Å². The third-order valence-corrected chi connectivity index (χ3v) is 3.85. The second-order valence-electron chi connectivity index (χ2n) is 5.71. The van der Waals surface area contributed by atoms with Gasteiger partial charge >= 0.3 is 0 Å².